The molecule has 1 N–H and O–H groups in total. The summed E-state index contributed by atoms with van der Waals surface area (Å²) in [5, 5.41) is 12.7. The lowest BCUT2D eigenvalue weighted by Crippen LogP contribution is -2.26. The molecule has 8 heteroatoms. The van der Waals surface area contributed by atoms with Gasteiger partial charge in [0.2, 0.25) is 0 Å². The van der Waals surface area contributed by atoms with E-state index in [9.17, 15) is 14.9 Å². The minimum atomic E-state index is -0.533. The zero-order chi connectivity index (χ0) is 18.2. The molecule has 1 aliphatic rings. The summed E-state index contributed by atoms with van der Waals surface area (Å²) in [4.78, 5) is 30.3. The Labute approximate surface area is 149 Å². The van der Waals surface area contributed by atoms with E-state index in [4.69, 9.17) is 4.74 Å². The maximum absolute atomic E-state index is 11.8. The lowest BCUT2D eigenvalue weighted by atomic mass is 9.97. The maximum Gasteiger partial charge on any atom is 0.311 e. The van der Waals surface area contributed by atoms with Crippen molar-refractivity contribution in [2.75, 3.05) is 12.4 Å². The Morgan fingerprint density at radius 3 is 2.92 bits per heavy atom. The first-order valence-electron chi connectivity index (χ1n) is 7.90. The number of nitro groups is 1. The number of aromatic nitrogens is 1. The van der Waals surface area contributed by atoms with E-state index < -0.39 is 10.3 Å². The Bertz CT molecular complexity index is 866. The first kappa shape index (κ1) is 17.5. The van der Waals surface area contributed by atoms with E-state index in [1.54, 1.807) is 17.8 Å². The summed E-state index contributed by atoms with van der Waals surface area (Å²) in [6.07, 6.45) is 0. The smallest absolute Gasteiger partial charge is 0.311 e. The molecule has 0 aliphatic carbocycles. The van der Waals surface area contributed by atoms with E-state index in [0.29, 0.717) is 11.3 Å². The van der Waals surface area contributed by atoms with Crippen molar-refractivity contribution in [2.45, 2.75) is 26.8 Å². The van der Waals surface area contributed by atoms with E-state index in [2.05, 4.69) is 9.98 Å². The average Bonchev–Trinajstić information content (AvgIpc) is 3.17. The summed E-state index contributed by atoms with van der Waals surface area (Å²) >= 11 is 1.55. The lowest BCUT2D eigenvalue weighted by molar-refractivity contribution is -0.383. The molecule has 2 heterocycles. The number of thioether (sulfide) groups is 1. The Balaban J connectivity index is 1.77. The van der Waals surface area contributed by atoms with Crippen LogP contribution in [0.5, 0.6) is 0 Å². The molecule has 0 fully saturated rings. The largest absolute Gasteiger partial charge is 0.463 e. The summed E-state index contributed by atoms with van der Waals surface area (Å²) in [5.41, 5.74) is 0.754. The number of aliphatic imine (C=N–C) groups is 1. The molecule has 1 atom stereocenters. The number of fused-ring (bicyclic) bond motifs is 1. The summed E-state index contributed by atoms with van der Waals surface area (Å²) < 4.78 is 5.33. The van der Waals surface area contributed by atoms with Crippen LogP contribution in [0.25, 0.3) is 10.9 Å². The molecule has 3 rings (SSSR count). The van der Waals surface area contributed by atoms with Crippen LogP contribution < -0.4 is 0 Å². The monoisotopic (exact) mass is 361 g/mol. The van der Waals surface area contributed by atoms with Crippen LogP contribution in [-0.4, -0.2) is 39.3 Å². The molecule has 0 radical (unpaired) electrons. The normalized spacial score (nSPS) is 17.6. The molecule has 1 aliphatic heterocycles. The Morgan fingerprint density at radius 2 is 2.24 bits per heavy atom. The Morgan fingerprint density at radius 1 is 1.48 bits per heavy atom. The molecule has 2 aromatic rings. The molecule has 1 aromatic carbocycles. The summed E-state index contributed by atoms with van der Waals surface area (Å²) in [6.45, 7) is 5.67. The van der Waals surface area contributed by atoms with Crippen molar-refractivity contribution < 1.29 is 14.5 Å². The number of esters is 1. The molecule has 0 bridgehead atoms. The number of hydrogen-bond donors (Lipinski definition) is 1. The molecular formula is C17H19N3O4S. The fraction of sp³-hybridized carbons (Fsp3) is 0.412. The van der Waals surface area contributed by atoms with Gasteiger partial charge in [-0.3, -0.25) is 19.9 Å². The lowest BCUT2D eigenvalue weighted by Gasteiger charge is -2.17. The van der Waals surface area contributed by atoms with E-state index in [1.807, 2.05) is 32.9 Å². The highest BCUT2D eigenvalue weighted by Gasteiger charge is 2.27. The molecule has 0 unspecified atom stereocenters. The zero-order valence-corrected chi connectivity index (χ0v) is 15.1. The first-order valence-corrected chi connectivity index (χ1v) is 8.88. The van der Waals surface area contributed by atoms with Crippen molar-refractivity contribution in [3.63, 3.8) is 0 Å². The van der Waals surface area contributed by atoms with Gasteiger partial charge in [-0.15, -0.1) is 11.8 Å². The van der Waals surface area contributed by atoms with Crippen LogP contribution in [0.4, 0.5) is 5.69 Å². The molecule has 1 aromatic heterocycles. The molecule has 132 valence electrons. The van der Waals surface area contributed by atoms with E-state index >= 15 is 0 Å². The van der Waals surface area contributed by atoms with Gasteiger partial charge in [-0.05, 0) is 26.8 Å². The average molecular weight is 361 g/mol. The predicted octanol–water partition coefficient (Wildman–Crippen LogP) is 3.53. The number of nitro benzene ring substituents is 1. The van der Waals surface area contributed by atoms with Crippen LogP contribution in [0, 0.1) is 15.5 Å². The number of non-ortho nitro benzene ring substituents is 1. The summed E-state index contributed by atoms with van der Waals surface area (Å²) in [5.74, 6) is 0.465. The number of nitrogens with one attached hydrogen (secondary N) is 1. The van der Waals surface area contributed by atoms with Crippen molar-refractivity contribution in [3.8, 4) is 0 Å². The highest BCUT2D eigenvalue weighted by molar-refractivity contribution is 8.14. The fourth-order valence-corrected chi connectivity index (χ4v) is 3.45. The van der Waals surface area contributed by atoms with Crippen LogP contribution in [0.1, 0.15) is 26.5 Å². The standard InChI is InChI=1S/C17H19N3O4S/c1-17(2,3)16(21)24-8-11-9-25-15(18-11)12-7-10-5-4-6-13(20(22)23)14(10)19-12/h4-7,11,19H,8-9H2,1-3H3/t11-/m1/s1. The minimum absolute atomic E-state index is 0.0444. The molecule has 25 heavy (non-hydrogen) atoms. The van der Waals surface area contributed by atoms with Crippen molar-refractivity contribution in [2.24, 2.45) is 10.4 Å². The molecular weight excluding hydrogens is 342 g/mol. The highest BCUT2D eigenvalue weighted by Crippen LogP contribution is 2.30. The quantitative estimate of drug-likeness (QED) is 0.510. The number of rotatable bonds is 4. The van der Waals surface area contributed by atoms with Crippen LogP contribution in [0.2, 0.25) is 0 Å². The Kier molecular flexibility index (Phi) is 4.55. The van der Waals surface area contributed by atoms with Gasteiger partial charge in [0.15, 0.2) is 0 Å². The van der Waals surface area contributed by atoms with Gasteiger partial charge in [0.1, 0.15) is 17.2 Å². The van der Waals surface area contributed by atoms with Gasteiger partial charge >= 0.3 is 5.97 Å². The van der Waals surface area contributed by atoms with Gasteiger partial charge in [-0.1, -0.05) is 12.1 Å². The maximum atomic E-state index is 11.8. The van der Waals surface area contributed by atoms with E-state index in [1.165, 1.54) is 6.07 Å². The zero-order valence-electron chi connectivity index (χ0n) is 14.2. The number of hydrogen-bond acceptors (Lipinski definition) is 6. The van der Waals surface area contributed by atoms with Gasteiger partial charge in [-0.25, -0.2) is 0 Å². The minimum Gasteiger partial charge on any atom is -0.463 e. The van der Waals surface area contributed by atoms with E-state index in [-0.39, 0.29) is 24.3 Å². The fourth-order valence-electron chi connectivity index (χ4n) is 2.44. The van der Waals surface area contributed by atoms with Crippen LogP contribution in [0.15, 0.2) is 29.3 Å². The number of nitrogens with zero attached hydrogens (tertiary/aromatic N) is 2. The van der Waals surface area contributed by atoms with Gasteiger partial charge < -0.3 is 9.72 Å². The number of carbonyl (C=O) groups excluding carboxylic acids is 1. The SMILES string of the molecule is CC(C)(C)C(=O)OC[C@@H]1CSC(c2cc3cccc([N+](=O)[O-])c3[nH]2)=N1. The molecule has 0 spiro atoms. The van der Waals surface area contributed by atoms with Crippen molar-refractivity contribution in [1.82, 2.24) is 4.98 Å². The first-order chi connectivity index (χ1) is 11.8. The number of aromatic amines is 1. The van der Waals surface area contributed by atoms with Crippen LogP contribution in [-0.2, 0) is 9.53 Å². The summed E-state index contributed by atoms with van der Waals surface area (Å²) in [7, 11) is 0. The van der Waals surface area contributed by atoms with Gasteiger partial charge in [-0.2, -0.15) is 0 Å². The number of benzene rings is 1. The van der Waals surface area contributed by atoms with Gasteiger partial charge in [0.05, 0.1) is 22.1 Å². The van der Waals surface area contributed by atoms with Crippen LogP contribution >= 0.6 is 11.8 Å². The third kappa shape index (κ3) is 3.68. The van der Waals surface area contributed by atoms with Crippen LogP contribution in [0.3, 0.4) is 0 Å². The second-order valence-electron chi connectivity index (χ2n) is 6.93. The molecule has 0 amide bonds. The second-order valence-corrected chi connectivity index (χ2v) is 7.94. The van der Waals surface area contributed by atoms with Gasteiger partial charge in [0, 0.05) is 17.2 Å². The molecule has 0 saturated heterocycles. The van der Waals surface area contributed by atoms with Gasteiger partial charge in [0.25, 0.3) is 5.69 Å². The van der Waals surface area contributed by atoms with Crippen molar-refractivity contribution >= 4 is 39.4 Å². The second kappa shape index (κ2) is 6.51. The molecule has 0 saturated carbocycles. The molecule has 7 nitrogen and oxygen atoms in total. The topological polar surface area (TPSA) is 97.6 Å². The van der Waals surface area contributed by atoms with Crippen molar-refractivity contribution in [3.05, 3.63) is 40.1 Å². The summed E-state index contributed by atoms with van der Waals surface area (Å²) in [6, 6.07) is 6.72. The third-order valence-corrected chi connectivity index (χ3v) is 4.94. The number of para-hydroxylation sites is 1. The number of carbonyl (C=O) groups is 1. The van der Waals surface area contributed by atoms with Crippen molar-refractivity contribution in [1.29, 1.82) is 0 Å². The number of ether oxygens (including phenoxy) is 1. The Hall–Kier alpha value is -2.35. The highest BCUT2D eigenvalue weighted by atomic mass is 32.2. The van der Waals surface area contributed by atoms with E-state index in [0.717, 1.165) is 16.1 Å². The predicted molar refractivity (Wildman–Crippen MR) is 98.2 cm³/mol. The number of H-pyrrole nitrogens is 1. The third-order valence-electron chi connectivity index (χ3n) is 3.79.